The van der Waals surface area contributed by atoms with Crippen LogP contribution in [0.15, 0.2) is 54.6 Å². The number of urea groups is 1. The van der Waals surface area contributed by atoms with Crippen molar-refractivity contribution in [3.8, 4) is 6.07 Å². The second-order valence-electron chi connectivity index (χ2n) is 6.72. The maximum absolute atomic E-state index is 13.0. The highest BCUT2D eigenvalue weighted by atomic mass is 19.1. The average molecular weight is 366 g/mol. The summed E-state index contributed by atoms with van der Waals surface area (Å²) < 4.78 is 13.0. The number of piperidine rings is 1. The Bertz CT molecular complexity index is 780. The van der Waals surface area contributed by atoms with E-state index in [0.717, 1.165) is 32.5 Å². The molecule has 0 aliphatic carbocycles. The summed E-state index contributed by atoms with van der Waals surface area (Å²) >= 11 is 0. The SMILES string of the molecule is N#CCN(C(=O)Nc1ccc(F)cc1)C1CCN(Cc2ccccc2)CC1. The van der Waals surface area contributed by atoms with E-state index in [4.69, 9.17) is 5.26 Å². The summed E-state index contributed by atoms with van der Waals surface area (Å²) in [7, 11) is 0. The van der Waals surface area contributed by atoms with Gasteiger partial charge in [0.05, 0.1) is 6.07 Å². The van der Waals surface area contributed by atoms with Crippen molar-refractivity contribution in [3.05, 3.63) is 66.0 Å². The first kappa shape index (κ1) is 18.9. The van der Waals surface area contributed by atoms with Gasteiger partial charge in [0, 0.05) is 31.4 Å². The van der Waals surface area contributed by atoms with E-state index in [9.17, 15) is 9.18 Å². The molecule has 2 aromatic carbocycles. The fourth-order valence-corrected chi connectivity index (χ4v) is 3.40. The minimum Gasteiger partial charge on any atom is -0.308 e. The van der Waals surface area contributed by atoms with Crippen molar-refractivity contribution in [2.75, 3.05) is 25.0 Å². The number of anilines is 1. The van der Waals surface area contributed by atoms with E-state index in [1.165, 1.54) is 29.8 Å². The van der Waals surface area contributed by atoms with Gasteiger partial charge in [0.2, 0.25) is 0 Å². The van der Waals surface area contributed by atoms with E-state index in [1.807, 2.05) is 18.2 Å². The van der Waals surface area contributed by atoms with Gasteiger partial charge >= 0.3 is 6.03 Å². The first-order valence-corrected chi connectivity index (χ1v) is 9.12. The number of nitrogens with zero attached hydrogens (tertiary/aromatic N) is 3. The van der Waals surface area contributed by atoms with Crippen LogP contribution in [0.5, 0.6) is 0 Å². The Labute approximate surface area is 159 Å². The summed E-state index contributed by atoms with van der Waals surface area (Å²) in [5.41, 5.74) is 1.80. The van der Waals surface area contributed by atoms with E-state index in [0.29, 0.717) is 5.69 Å². The van der Waals surface area contributed by atoms with E-state index in [2.05, 4.69) is 28.4 Å². The zero-order valence-corrected chi connectivity index (χ0v) is 15.1. The zero-order chi connectivity index (χ0) is 19.1. The molecule has 1 aliphatic heterocycles. The Hall–Kier alpha value is -2.91. The lowest BCUT2D eigenvalue weighted by molar-refractivity contribution is 0.130. The van der Waals surface area contributed by atoms with Crippen molar-refractivity contribution < 1.29 is 9.18 Å². The molecule has 27 heavy (non-hydrogen) atoms. The molecule has 1 fully saturated rings. The van der Waals surface area contributed by atoms with Crippen molar-refractivity contribution in [2.45, 2.75) is 25.4 Å². The number of halogens is 1. The minimum absolute atomic E-state index is 0.0251. The van der Waals surface area contributed by atoms with Crippen LogP contribution in [0.25, 0.3) is 0 Å². The van der Waals surface area contributed by atoms with E-state index in [-0.39, 0.29) is 24.4 Å². The Balaban J connectivity index is 1.56. The maximum atomic E-state index is 13.0. The van der Waals surface area contributed by atoms with Crippen LogP contribution in [-0.4, -0.2) is 41.5 Å². The number of carbonyl (C=O) groups is 1. The van der Waals surface area contributed by atoms with Crippen LogP contribution in [0.2, 0.25) is 0 Å². The number of nitrogens with one attached hydrogen (secondary N) is 1. The van der Waals surface area contributed by atoms with Gasteiger partial charge in [-0.25, -0.2) is 9.18 Å². The molecule has 0 aromatic heterocycles. The van der Waals surface area contributed by atoms with Gasteiger partial charge in [-0.15, -0.1) is 0 Å². The third-order valence-corrected chi connectivity index (χ3v) is 4.84. The molecule has 0 atom stereocenters. The molecule has 0 bridgehead atoms. The van der Waals surface area contributed by atoms with Gasteiger partial charge in [-0.1, -0.05) is 30.3 Å². The average Bonchev–Trinajstić information content (AvgIpc) is 2.69. The normalized spacial score (nSPS) is 15.1. The monoisotopic (exact) mass is 366 g/mol. The van der Waals surface area contributed by atoms with Crippen LogP contribution < -0.4 is 5.32 Å². The number of nitriles is 1. The third kappa shape index (κ3) is 5.28. The van der Waals surface area contributed by atoms with Crippen LogP contribution in [0, 0.1) is 17.1 Å². The number of hydrogen-bond donors (Lipinski definition) is 1. The van der Waals surface area contributed by atoms with Crippen molar-refractivity contribution in [1.29, 1.82) is 5.26 Å². The van der Waals surface area contributed by atoms with Gasteiger partial charge in [0.1, 0.15) is 12.4 Å². The number of hydrogen-bond acceptors (Lipinski definition) is 3. The van der Waals surface area contributed by atoms with Gasteiger partial charge < -0.3 is 10.2 Å². The fourth-order valence-electron chi connectivity index (χ4n) is 3.40. The first-order valence-electron chi connectivity index (χ1n) is 9.12. The molecule has 1 aliphatic rings. The molecule has 0 spiro atoms. The zero-order valence-electron chi connectivity index (χ0n) is 15.1. The molecule has 0 unspecified atom stereocenters. The largest absolute Gasteiger partial charge is 0.322 e. The topological polar surface area (TPSA) is 59.4 Å². The van der Waals surface area contributed by atoms with Crippen LogP contribution in [0.1, 0.15) is 18.4 Å². The van der Waals surface area contributed by atoms with Gasteiger partial charge in [-0.3, -0.25) is 4.90 Å². The lowest BCUT2D eigenvalue weighted by Crippen LogP contribution is -2.48. The summed E-state index contributed by atoms with van der Waals surface area (Å²) in [6.07, 6.45) is 1.65. The van der Waals surface area contributed by atoms with E-state index < -0.39 is 0 Å². The van der Waals surface area contributed by atoms with Crippen LogP contribution in [0.4, 0.5) is 14.9 Å². The second-order valence-corrected chi connectivity index (χ2v) is 6.72. The summed E-state index contributed by atoms with van der Waals surface area (Å²) in [6.45, 7) is 2.70. The van der Waals surface area contributed by atoms with Crippen LogP contribution in [-0.2, 0) is 6.54 Å². The van der Waals surface area contributed by atoms with Crippen LogP contribution >= 0.6 is 0 Å². The standard InChI is InChI=1S/C21H23FN4O/c22-18-6-8-19(9-7-18)24-21(27)26(15-12-23)20-10-13-25(14-11-20)16-17-4-2-1-3-5-17/h1-9,20H,10-11,13-16H2,(H,24,27). The number of amides is 2. The molecule has 140 valence electrons. The lowest BCUT2D eigenvalue weighted by Gasteiger charge is -2.37. The molecule has 6 heteroatoms. The fraction of sp³-hybridized carbons (Fsp3) is 0.333. The van der Waals surface area contributed by atoms with Crippen LogP contribution in [0.3, 0.4) is 0 Å². The van der Waals surface area contributed by atoms with E-state index in [1.54, 1.807) is 4.90 Å². The smallest absolute Gasteiger partial charge is 0.308 e. The molecular weight excluding hydrogens is 343 g/mol. The highest BCUT2D eigenvalue weighted by Gasteiger charge is 2.28. The lowest BCUT2D eigenvalue weighted by atomic mass is 10.0. The number of rotatable bonds is 5. The molecule has 2 amide bonds. The molecule has 1 heterocycles. The predicted octanol–water partition coefficient (Wildman–Crippen LogP) is 3.85. The van der Waals surface area contributed by atoms with Gasteiger partial charge in [-0.2, -0.15) is 5.26 Å². The summed E-state index contributed by atoms with van der Waals surface area (Å²) in [5.74, 6) is -0.354. The molecule has 0 radical (unpaired) electrons. The summed E-state index contributed by atoms with van der Waals surface area (Å²) in [5, 5.41) is 11.9. The van der Waals surface area contributed by atoms with Gasteiger partial charge in [0.15, 0.2) is 0 Å². The molecular formula is C21H23FN4O. The molecule has 1 saturated heterocycles. The molecule has 1 N–H and O–H groups in total. The third-order valence-electron chi connectivity index (χ3n) is 4.84. The number of carbonyl (C=O) groups excluding carboxylic acids is 1. The predicted molar refractivity (Wildman–Crippen MR) is 102 cm³/mol. The highest BCUT2D eigenvalue weighted by Crippen LogP contribution is 2.20. The Kier molecular flexibility index (Phi) is 6.39. The van der Waals surface area contributed by atoms with Crippen molar-refractivity contribution in [3.63, 3.8) is 0 Å². The van der Waals surface area contributed by atoms with Crippen molar-refractivity contribution >= 4 is 11.7 Å². The molecule has 2 aromatic rings. The van der Waals surface area contributed by atoms with Gasteiger partial charge in [0.25, 0.3) is 0 Å². The van der Waals surface area contributed by atoms with Crippen molar-refractivity contribution in [2.24, 2.45) is 0 Å². The highest BCUT2D eigenvalue weighted by molar-refractivity contribution is 5.89. The quantitative estimate of drug-likeness (QED) is 0.818. The molecule has 0 saturated carbocycles. The Morgan fingerprint density at radius 1 is 1.15 bits per heavy atom. The second kappa shape index (κ2) is 9.15. The molecule has 3 rings (SSSR count). The maximum Gasteiger partial charge on any atom is 0.322 e. The first-order chi connectivity index (χ1) is 13.2. The van der Waals surface area contributed by atoms with E-state index >= 15 is 0 Å². The Morgan fingerprint density at radius 2 is 1.81 bits per heavy atom. The number of benzene rings is 2. The number of likely N-dealkylation sites (tertiary alicyclic amines) is 1. The minimum atomic E-state index is -0.354. The summed E-state index contributed by atoms with van der Waals surface area (Å²) in [4.78, 5) is 16.6. The van der Waals surface area contributed by atoms with Crippen molar-refractivity contribution in [1.82, 2.24) is 9.80 Å². The summed E-state index contributed by atoms with van der Waals surface area (Å²) in [6, 6.07) is 17.7. The molecule has 5 nitrogen and oxygen atoms in total. The van der Waals surface area contributed by atoms with Gasteiger partial charge in [-0.05, 0) is 42.7 Å². The Morgan fingerprint density at radius 3 is 2.44 bits per heavy atom.